The van der Waals surface area contributed by atoms with Gasteiger partial charge in [0.25, 0.3) is 15.9 Å². The number of aliphatic imine (C=N–C) groups is 1. The molecule has 5 atom stereocenters. The number of nitrogens with one attached hydrogen (secondary N) is 3. The van der Waals surface area contributed by atoms with Crippen LogP contribution in [0.1, 0.15) is 68.9 Å². The van der Waals surface area contributed by atoms with E-state index >= 15 is 0 Å². The molecule has 1 saturated carbocycles. The van der Waals surface area contributed by atoms with Crippen LogP contribution in [0.5, 0.6) is 0 Å². The molecule has 2 aromatic rings. The first kappa shape index (κ1) is 37.7. The van der Waals surface area contributed by atoms with E-state index < -0.39 is 63.4 Å². The van der Waals surface area contributed by atoms with Gasteiger partial charge in [0.15, 0.2) is 0 Å². The van der Waals surface area contributed by atoms with Crippen molar-refractivity contribution in [1.82, 2.24) is 19.8 Å². The molecule has 3 N–H and O–H groups in total. The number of benzene rings is 2. The predicted octanol–water partition coefficient (Wildman–Crippen LogP) is 3.67. The molecule has 1 saturated heterocycles. The van der Waals surface area contributed by atoms with Gasteiger partial charge in [0.1, 0.15) is 34.4 Å². The summed E-state index contributed by atoms with van der Waals surface area (Å²) < 4.78 is 49.6. The van der Waals surface area contributed by atoms with Gasteiger partial charge in [-0.25, -0.2) is 27.1 Å². The van der Waals surface area contributed by atoms with E-state index in [1.807, 2.05) is 0 Å². The van der Waals surface area contributed by atoms with Crippen LogP contribution in [-0.4, -0.2) is 84.9 Å². The summed E-state index contributed by atoms with van der Waals surface area (Å²) >= 11 is 0. The Bertz CT molecular complexity index is 1940. The molecule has 0 radical (unpaired) electrons. The molecule has 4 aliphatic rings. The van der Waals surface area contributed by atoms with Crippen LogP contribution >= 0.6 is 0 Å². The molecule has 6 rings (SSSR count). The van der Waals surface area contributed by atoms with E-state index in [0.29, 0.717) is 29.8 Å². The Kier molecular flexibility index (Phi) is 11.3. The van der Waals surface area contributed by atoms with E-state index in [0.717, 1.165) is 32.1 Å². The summed E-state index contributed by atoms with van der Waals surface area (Å²) in [6.07, 6.45) is 6.09. The number of sulfonamides is 1. The summed E-state index contributed by atoms with van der Waals surface area (Å²) in [5, 5.41) is 5.74. The topological polar surface area (TPSA) is 184 Å². The number of rotatable bonds is 4. The van der Waals surface area contributed by atoms with Gasteiger partial charge in [0.2, 0.25) is 17.9 Å². The number of carbonyl (C=O) groups is 4. The minimum absolute atomic E-state index is 0.00413. The van der Waals surface area contributed by atoms with Crippen LogP contribution < -0.4 is 15.4 Å². The number of isocyanates is 1. The van der Waals surface area contributed by atoms with Crippen molar-refractivity contribution in [1.29, 1.82) is 0 Å². The normalized spacial score (nSPS) is 27.8. The maximum atomic E-state index is 14.4. The average molecular weight is 751 g/mol. The number of fused-ring (bicyclic) bond motifs is 3. The molecule has 3 heterocycles. The Hall–Kier alpha value is -5.08. The Morgan fingerprint density at radius 1 is 1.02 bits per heavy atom. The first-order valence-corrected chi connectivity index (χ1v) is 19.4. The Labute approximate surface area is 307 Å². The number of amides is 4. The number of carbonyl (C=O) groups excluding carboxylic acids is 5. The number of para-hydroxylation sites is 1. The highest BCUT2D eigenvalue weighted by atomic mass is 32.2. The average Bonchev–Trinajstić information content (AvgIpc) is 3.42. The van der Waals surface area contributed by atoms with E-state index in [-0.39, 0.29) is 49.7 Å². The van der Waals surface area contributed by atoms with Gasteiger partial charge in [-0.2, -0.15) is 4.99 Å². The van der Waals surface area contributed by atoms with Crippen LogP contribution in [0.4, 0.5) is 14.9 Å². The molecule has 4 amide bonds. The number of nitrogens with zero attached hydrogens (tertiary/aromatic N) is 3. The summed E-state index contributed by atoms with van der Waals surface area (Å²) in [7, 11) is -4.51. The molecule has 2 aromatic carbocycles. The van der Waals surface area contributed by atoms with E-state index in [4.69, 9.17) is 4.74 Å². The van der Waals surface area contributed by atoms with Crippen molar-refractivity contribution >= 4 is 45.6 Å². The Morgan fingerprint density at radius 3 is 2.51 bits per heavy atom. The summed E-state index contributed by atoms with van der Waals surface area (Å²) in [5.74, 6) is -3.33. The number of anilines is 1. The van der Waals surface area contributed by atoms with Crippen molar-refractivity contribution in [3.8, 4) is 0 Å². The molecule has 3 aliphatic heterocycles. The van der Waals surface area contributed by atoms with Gasteiger partial charge < -0.3 is 20.3 Å². The SMILES string of the molecule is C=C[C@@H]1C[C@]1(N=C=O)C1NC(=O)[C@@H]2C[C@@H](OC(=O)N3Cc4cccc(F)c4C3)CN2C(=O)CCCCCCCCNc2ccccc2S(=O)(=O)NC1=O. The highest BCUT2D eigenvalue weighted by molar-refractivity contribution is 7.90. The second-order valence-corrected chi connectivity index (χ2v) is 15.6. The quantitative estimate of drug-likeness (QED) is 0.239. The standard InChI is InChI=1S/C37H43FN6O8S/c1-2-25-19-37(25,40-23-45)33-35(48)42-53(50,51)31-15-9-8-14-29(31)39-17-10-6-4-3-5-7-16-32(46)44-21-26(18-30(44)34(47)41-33)52-36(49)43-20-24-12-11-13-28(38)27(24)22-43/h2,8-9,11-15,25-26,30,33,39H,1,3-7,10,16-22H2,(H,41,47)(H,42,48)/t25-,26-,30+,33?,37-/m1/s1. The maximum Gasteiger partial charge on any atom is 0.410 e. The summed E-state index contributed by atoms with van der Waals surface area (Å²) in [4.78, 5) is 73.1. The lowest BCUT2D eigenvalue weighted by molar-refractivity contribution is -0.139. The van der Waals surface area contributed by atoms with Crippen molar-refractivity contribution < 1.29 is 41.5 Å². The fourth-order valence-corrected chi connectivity index (χ4v) is 8.73. The molecule has 14 nitrogen and oxygen atoms in total. The maximum absolute atomic E-state index is 14.4. The monoisotopic (exact) mass is 750 g/mol. The summed E-state index contributed by atoms with van der Waals surface area (Å²) in [5.41, 5.74) is -0.239. The minimum atomic E-state index is -4.51. The zero-order chi connectivity index (χ0) is 37.8. The lowest BCUT2D eigenvalue weighted by atomic mass is 10.0. The fraction of sp³-hybridized carbons (Fsp3) is 0.486. The van der Waals surface area contributed by atoms with Crippen molar-refractivity contribution in [2.75, 3.05) is 18.4 Å². The zero-order valence-electron chi connectivity index (χ0n) is 29.2. The van der Waals surface area contributed by atoms with Crippen LogP contribution in [-0.2, 0) is 47.0 Å². The van der Waals surface area contributed by atoms with Gasteiger partial charge in [0.05, 0.1) is 18.8 Å². The zero-order valence-corrected chi connectivity index (χ0v) is 30.0. The lowest BCUT2D eigenvalue weighted by Gasteiger charge is -2.28. The van der Waals surface area contributed by atoms with Gasteiger partial charge in [-0.1, -0.05) is 56.0 Å². The largest absolute Gasteiger partial charge is 0.444 e. The van der Waals surface area contributed by atoms with Gasteiger partial charge in [-0.3, -0.25) is 19.3 Å². The van der Waals surface area contributed by atoms with E-state index in [9.17, 15) is 36.8 Å². The Morgan fingerprint density at radius 2 is 1.77 bits per heavy atom. The van der Waals surface area contributed by atoms with E-state index in [1.165, 1.54) is 40.2 Å². The third kappa shape index (κ3) is 8.13. The number of ether oxygens (including phenoxy) is 1. The molecular weight excluding hydrogens is 708 g/mol. The molecule has 0 bridgehead atoms. The first-order valence-electron chi connectivity index (χ1n) is 17.9. The highest BCUT2D eigenvalue weighted by Crippen LogP contribution is 2.50. The lowest BCUT2D eigenvalue weighted by Crippen LogP contribution is -2.59. The van der Waals surface area contributed by atoms with Crippen LogP contribution in [0.3, 0.4) is 0 Å². The van der Waals surface area contributed by atoms with Gasteiger partial charge in [-0.15, -0.1) is 6.58 Å². The second-order valence-electron chi connectivity index (χ2n) is 14.0. The van der Waals surface area contributed by atoms with Gasteiger partial charge in [-0.05, 0) is 43.0 Å². The van der Waals surface area contributed by atoms with E-state index in [2.05, 4.69) is 26.9 Å². The van der Waals surface area contributed by atoms with Crippen LogP contribution in [0.2, 0.25) is 0 Å². The second kappa shape index (κ2) is 15.9. The van der Waals surface area contributed by atoms with Crippen LogP contribution in [0, 0.1) is 11.7 Å². The van der Waals surface area contributed by atoms with Crippen molar-refractivity contribution in [2.24, 2.45) is 10.9 Å². The highest BCUT2D eigenvalue weighted by Gasteiger charge is 2.62. The molecule has 53 heavy (non-hydrogen) atoms. The smallest absolute Gasteiger partial charge is 0.410 e. The summed E-state index contributed by atoms with van der Waals surface area (Å²) in [6, 6.07) is 7.83. The van der Waals surface area contributed by atoms with Crippen molar-refractivity contribution in [3.63, 3.8) is 0 Å². The fourth-order valence-electron chi connectivity index (χ4n) is 7.55. The van der Waals surface area contributed by atoms with Crippen molar-refractivity contribution in [2.45, 2.75) is 99.5 Å². The first-order chi connectivity index (χ1) is 25.5. The van der Waals surface area contributed by atoms with Crippen LogP contribution in [0.25, 0.3) is 0 Å². The molecule has 0 spiro atoms. The molecule has 2 fully saturated rings. The minimum Gasteiger partial charge on any atom is -0.444 e. The molecule has 1 unspecified atom stereocenters. The Balaban J connectivity index is 1.27. The van der Waals surface area contributed by atoms with Gasteiger partial charge >= 0.3 is 6.09 Å². The molecule has 1 aliphatic carbocycles. The van der Waals surface area contributed by atoms with Crippen molar-refractivity contribution in [3.05, 3.63) is 72.1 Å². The molecule has 16 heteroatoms. The number of hydrogen-bond donors (Lipinski definition) is 3. The van der Waals surface area contributed by atoms with Gasteiger partial charge in [0, 0.05) is 37.4 Å². The third-order valence-corrected chi connectivity index (χ3v) is 11.9. The third-order valence-electron chi connectivity index (χ3n) is 10.5. The van der Waals surface area contributed by atoms with Crippen LogP contribution in [0.15, 0.2) is 65.0 Å². The molecule has 0 aromatic heterocycles. The number of hydrogen-bond acceptors (Lipinski definition) is 10. The molecular formula is C37H43FN6O8S. The summed E-state index contributed by atoms with van der Waals surface area (Å²) in [6.45, 7) is 4.25. The predicted molar refractivity (Wildman–Crippen MR) is 190 cm³/mol. The van der Waals surface area contributed by atoms with E-state index in [1.54, 1.807) is 24.3 Å². The number of halogens is 1. The molecule has 282 valence electrons.